The first-order valence-electron chi connectivity index (χ1n) is 5.50. The monoisotopic (exact) mass is 287 g/mol. The smallest absolute Gasteiger partial charge is 0.140 e. The molecular weight excluding hydrogens is 270 g/mol. The highest BCUT2D eigenvalue weighted by atomic mass is 79.9. The van der Waals surface area contributed by atoms with Gasteiger partial charge in [-0.3, -0.25) is 0 Å². The number of nitrogen functional groups attached to an aromatic ring is 1. The molecule has 0 unspecified atom stereocenters. The van der Waals surface area contributed by atoms with Gasteiger partial charge in [0.1, 0.15) is 5.82 Å². The van der Waals surface area contributed by atoms with E-state index in [1.807, 2.05) is 6.07 Å². The number of hydrogen-bond acceptors (Lipinski definition) is 4. The third-order valence-electron chi connectivity index (χ3n) is 2.24. The number of halogens is 1. The maximum absolute atomic E-state index is 8.62. The lowest BCUT2D eigenvalue weighted by atomic mass is 10.2. The molecule has 0 saturated heterocycles. The van der Waals surface area contributed by atoms with Gasteiger partial charge in [0.25, 0.3) is 0 Å². The van der Waals surface area contributed by atoms with Crippen LogP contribution < -0.4 is 11.1 Å². The second kappa shape index (κ2) is 7.46. The molecule has 0 aliphatic rings. The third kappa shape index (κ3) is 4.81. The fraction of sp³-hybridized carbons (Fsp3) is 0.545. The summed E-state index contributed by atoms with van der Waals surface area (Å²) in [6.45, 7) is 1.18. The molecule has 0 spiro atoms. The molecule has 1 rings (SSSR count). The number of aliphatic hydroxyl groups excluding tert-OH is 1. The summed E-state index contributed by atoms with van der Waals surface area (Å²) in [5, 5.41) is 11.9. The summed E-state index contributed by atoms with van der Waals surface area (Å²) in [6, 6.07) is 1.83. The van der Waals surface area contributed by atoms with E-state index < -0.39 is 0 Å². The first-order chi connectivity index (χ1) is 7.74. The number of aromatic nitrogens is 1. The normalized spacial score (nSPS) is 10.4. The predicted octanol–water partition coefficient (Wildman–Crippen LogP) is 2.39. The fourth-order valence-electron chi connectivity index (χ4n) is 1.38. The molecule has 4 nitrogen and oxygen atoms in total. The van der Waals surface area contributed by atoms with E-state index in [-0.39, 0.29) is 0 Å². The van der Waals surface area contributed by atoms with Crippen LogP contribution in [0.1, 0.15) is 25.7 Å². The Balaban J connectivity index is 2.21. The number of nitrogens with two attached hydrogens (primary N) is 1. The summed E-state index contributed by atoms with van der Waals surface area (Å²) < 4.78 is 0.892. The SMILES string of the molecule is Nc1cnc(NCCCCCCO)c(Br)c1. The molecule has 0 aromatic carbocycles. The van der Waals surface area contributed by atoms with Crippen molar-refractivity contribution in [3.63, 3.8) is 0 Å². The quantitative estimate of drug-likeness (QED) is 0.674. The van der Waals surface area contributed by atoms with E-state index in [1.165, 1.54) is 0 Å². The summed E-state index contributed by atoms with van der Waals surface area (Å²) in [6.07, 6.45) is 5.82. The average Bonchev–Trinajstić information content (AvgIpc) is 2.26. The summed E-state index contributed by atoms with van der Waals surface area (Å²) >= 11 is 3.40. The standard InChI is InChI=1S/C11H18BrN3O/c12-10-7-9(13)8-15-11(10)14-5-3-1-2-4-6-16/h7-8,16H,1-6,13H2,(H,14,15). The zero-order valence-electron chi connectivity index (χ0n) is 9.25. The molecule has 0 amide bonds. The van der Waals surface area contributed by atoms with Crippen LogP contribution in [0.2, 0.25) is 0 Å². The minimum atomic E-state index is 0.290. The van der Waals surface area contributed by atoms with E-state index >= 15 is 0 Å². The number of anilines is 2. The van der Waals surface area contributed by atoms with Crippen molar-refractivity contribution in [1.29, 1.82) is 0 Å². The Labute approximate surface area is 104 Å². The van der Waals surface area contributed by atoms with E-state index in [1.54, 1.807) is 6.20 Å². The van der Waals surface area contributed by atoms with Crippen molar-refractivity contribution in [3.05, 3.63) is 16.7 Å². The molecular formula is C11H18BrN3O. The lowest BCUT2D eigenvalue weighted by Crippen LogP contribution is -2.04. The molecule has 5 heteroatoms. The van der Waals surface area contributed by atoms with Crippen LogP contribution in [0.25, 0.3) is 0 Å². The summed E-state index contributed by atoms with van der Waals surface area (Å²) in [5.74, 6) is 0.830. The summed E-state index contributed by atoms with van der Waals surface area (Å²) in [7, 11) is 0. The Bertz CT molecular complexity index is 320. The molecule has 1 aromatic heterocycles. The van der Waals surface area contributed by atoms with Crippen molar-refractivity contribution in [2.75, 3.05) is 24.2 Å². The molecule has 0 atom stereocenters. The Hall–Kier alpha value is -0.810. The number of nitrogens with one attached hydrogen (secondary N) is 1. The average molecular weight is 288 g/mol. The van der Waals surface area contributed by atoms with Gasteiger partial charge in [0, 0.05) is 13.2 Å². The van der Waals surface area contributed by atoms with Gasteiger partial charge >= 0.3 is 0 Å². The summed E-state index contributed by atoms with van der Waals surface area (Å²) in [5.41, 5.74) is 6.25. The summed E-state index contributed by atoms with van der Waals surface area (Å²) in [4.78, 5) is 4.19. The van der Waals surface area contributed by atoms with Crippen molar-refractivity contribution >= 4 is 27.4 Å². The van der Waals surface area contributed by atoms with E-state index in [4.69, 9.17) is 10.8 Å². The molecule has 1 heterocycles. The number of unbranched alkanes of at least 4 members (excludes halogenated alkanes) is 3. The van der Waals surface area contributed by atoms with Crippen LogP contribution in [0.15, 0.2) is 16.7 Å². The lowest BCUT2D eigenvalue weighted by Gasteiger charge is -2.07. The molecule has 0 bridgehead atoms. The van der Waals surface area contributed by atoms with Gasteiger partial charge in [0.15, 0.2) is 0 Å². The van der Waals surface area contributed by atoms with Gasteiger partial charge in [0.05, 0.1) is 16.4 Å². The van der Waals surface area contributed by atoms with Gasteiger partial charge in [-0.15, -0.1) is 0 Å². The first-order valence-corrected chi connectivity index (χ1v) is 6.29. The highest BCUT2D eigenvalue weighted by Crippen LogP contribution is 2.21. The third-order valence-corrected chi connectivity index (χ3v) is 2.84. The van der Waals surface area contributed by atoms with E-state index in [0.29, 0.717) is 12.3 Å². The number of hydrogen-bond donors (Lipinski definition) is 3. The van der Waals surface area contributed by atoms with E-state index in [0.717, 1.165) is 42.5 Å². The highest BCUT2D eigenvalue weighted by molar-refractivity contribution is 9.10. The van der Waals surface area contributed by atoms with E-state index in [2.05, 4.69) is 26.2 Å². The molecule has 90 valence electrons. The van der Waals surface area contributed by atoms with E-state index in [9.17, 15) is 0 Å². The van der Waals surface area contributed by atoms with Gasteiger partial charge in [-0.25, -0.2) is 4.98 Å². The Morgan fingerprint density at radius 3 is 2.75 bits per heavy atom. The van der Waals surface area contributed by atoms with Gasteiger partial charge < -0.3 is 16.2 Å². The molecule has 0 aliphatic carbocycles. The predicted molar refractivity (Wildman–Crippen MR) is 70.4 cm³/mol. The van der Waals surface area contributed by atoms with Crippen molar-refractivity contribution in [3.8, 4) is 0 Å². The molecule has 4 N–H and O–H groups in total. The molecule has 16 heavy (non-hydrogen) atoms. The minimum Gasteiger partial charge on any atom is -0.397 e. The second-order valence-corrected chi connectivity index (χ2v) is 4.52. The van der Waals surface area contributed by atoms with Crippen LogP contribution in [0.5, 0.6) is 0 Å². The fourth-order valence-corrected chi connectivity index (χ4v) is 1.89. The Morgan fingerprint density at radius 1 is 1.31 bits per heavy atom. The van der Waals surface area contributed by atoms with Crippen LogP contribution in [-0.4, -0.2) is 23.2 Å². The van der Waals surface area contributed by atoms with Crippen LogP contribution in [-0.2, 0) is 0 Å². The Morgan fingerprint density at radius 2 is 2.06 bits per heavy atom. The van der Waals surface area contributed by atoms with Crippen molar-refractivity contribution in [2.24, 2.45) is 0 Å². The number of nitrogens with zero attached hydrogens (tertiary/aromatic N) is 1. The van der Waals surface area contributed by atoms with Gasteiger partial charge in [-0.05, 0) is 34.8 Å². The first kappa shape index (κ1) is 13.3. The maximum atomic E-state index is 8.62. The van der Waals surface area contributed by atoms with Gasteiger partial charge in [0.2, 0.25) is 0 Å². The topological polar surface area (TPSA) is 71.2 Å². The van der Waals surface area contributed by atoms with Gasteiger partial charge in [-0.1, -0.05) is 12.8 Å². The molecule has 0 radical (unpaired) electrons. The highest BCUT2D eigenvalue weighted by Gasteiger charge is 2.00. The Kier molecular flexibility index (Phi) is 6.18. The van der Waals surface area contributed by atoms with Crippen LogP contribution >= 0.6 is 15.9 Å². The number of aliphatic hydroxyl groups is 1. The minimum absolute atomic E-state index is 0.290. The zero-order valence-corrected chi connectivity index (χ0v) is 10.8. The number of pyridine rings is 1. The number of rotatable bonds is 7. The van der Waals surface area contributed by atoms with Crippen molar-refractivity contribution in [1.82, 2.24) is 4.98 Å². The second-order valence-electron chi connectivity index (χ2n) is 3.66. The molecule has 1 aromatic rings. The molecule has 0 fully saturated rings. The maximum Gasteiger partial charge on any atom is 0.140 e. The van der Waals surface area contributed by atoms with Crippen molar-refractivity contribution < 1.29 is 5.11 Å². The zero-order chi connectivity index (χ0) is 11.8. The van der Waals surface area contributed by atoms with Gasteiger partial charge in [-0.2, -0.15) is 0 Å². The van der Waals surface area contributed by atoms with Crippen LogP contribution in [0.3, 0.4) is 0 Å². The largest absolute Gasteiger partial charge is 0.397 e. The van der Waals surface area contributed by atoms with Crippen LogP contribution in [0, 0.1) is 0 Å². The van der Waals surface area contributed by atoms with Crippen molar-refractivity contribution in [2.45, 2.75) is 25.7 Å². The van der Waals surface area contributed by atoms with Crippen LogP contribution in [0.4, 0.5) is 11.5 Å². The molecule has 0 aliphatic heterocycles. The molecule has 0 saturated carbocycles. The lowest BCUT2D eigenvalue weighted by molar-refractivity contribution is 0.283.